The number of nitrogens with zero attached hydrogens (tertiary/aromatic N) is 3. The number of carbonyl (C=O) groups is 4. The summed E-state index contributed by atoms with van der Waals surface area (Å²) in [6, 6.07) is 6.37. The van der Waals surface area contributed by atoms with E-state index in [2.05, 4.69) is 6.92 Å². The van der Waals surface area contributed by atoms with Gasteiger partial charge in [-0.1, -0.05) is 51.4 Å². The first-order valence-corrected chi connectivity index (χ1v) is 14.6. The van der Waals surface area contributed by atoms with Crippen LogP contribution in [0.3, 0.4) is 0 Å². The molecule has 0 aromatic heterocycles. The number of hydrogen-bond acceptors (Lipinski definition) is 4. The number of halogens is 1. The molecule has 4 atom stereocenters. The van der Waals surface area contributed by atoms with E-state index in [1.54, 1.807) is 21.9 Å². The summed E-state index contributed by atoms with van der Waals surface area (Å²) in [5, 5.41) is 0.597. The van der Waals surface area contributed by atoms with Crippen LogP contribution in [0, 0.1) is 17.3 Å². The molecule has 1 aromatic carbocycles. The lowest BCUT2D eigenvalue weighted by molar-refractivity contribution is -0.146. The second kappa shape index (κ2) is 11.5. The van der Waals surface area contributed by atoms with Crippen LogP contribution in [0.15, 0.2) is 24.3 Å². The van der Waals surface area contributed by atoms with Crippen molar-refractivity contribution >= 4 is 35.2 Å². The van der Waals surface area contributed by atoms with Crippen LogP contribution in [-0.4, -0.2) is 76.1 Å². The Labute approximate surface area is 237 Å². The van der Waals surface area contributed by atoms with Crippen LogP contribution in [0.4, 0.5) is 0 Å². The van der Waals surface area contributed by atoms with E-state index < -0.39 is 23.3 Å². The standard InChI is InChI=1S/C30H43ClN4O4/c1-18-6-12-22(13-7-18)35(29(39)30(3,4)5)23-14-26(27(32)37)34(15-23)28(38)25-17-33(19(2)36)16-24(25)20-8-10-21(31)11-9-20/h8-11,18,22-26H,6-7,12-17H2,1-5H3,(H2,32,37)/t18?,22?,23-,24-,25+,26-/m0/s1. The second-order valence-corrected chi connectivity index (χ2v) is 13.3. The van der Waals surface area contributed by atoms with Crippen LogP contribution in [-0.2, 0) is 19.2 Å². The third-order valence-corrected chi connectivity index (χ3v) is 9.17. The van der Waals surface area contributed by atoms with Crippen LogP contribution in [0.2, 0.25) is 5.02 Å². The predicted octanol–water partition coefficient (Wildman–Crippen LogP) is 3.81. The van der Waals surface area contributed by atoms with Crippen LogP contribution in [0.5, 0.6) is 0 Å². The van der Waals surface area contributed by atoms with Crippen molar-refractivity contribution in [2.75, 3.05) is 19.6 Å². The van der Waals surface area contributed by atoms with Gasteiger partial charge in [-0.3, -0.25) is 19.2 Å². The highest BCUT2D eigenvalue weighted by Gasteiger charge is 2.49. The van der Waals surface area contributed by atoms with Gasteiger partial charge < -0.3 is 20.4 Å². The summed E-state index contributed by atoms with van der Waals surface area (Å²) in [6.07, 6.45) is 4.29. The van der Waals surface area contributed by atoms with E-state index in [1.807, 2.05) is 37.8 Å². The molecule has 3 aliphatic rings. The Morgan fingerprint density at radius 1 is 0.949 bits per heavy atom. The van der Waals surface area contributed by atoms with E-state index >= 15 is 0 Å². The Bertz CT molecular complexity index is 1090. The lowest BCUT2D eigenvalue weighted by Gasteiger charge is -2.42. The van der Waals surface area contributed by atoms with Crippen molar-refractivity contribution in [1.29, 1.82) is 0 Å². The summed E-state index contributed by atoms with van der Waals surface area (Å²) in [5.41, 5.74) is 6.21. The van der Waals surface area contributed by atoms with E-state index in [1.165, 1.54) is 6.92 Å². The number of benzene rings is 1. The van der Waals surface area contributed by atoms with Gasteiger partial charge in [0, 0.05) is 49.0 Å². The molecule has 0 radical (unpaired) electrons. The molecule has 2 heterocycles. The Hall–Kier alpha value is -2.61. The van der Waals surface area contributed by atoms with Crippen molar-refractivity contribution in [2.24, 2.45) is 23.0 Å². The largest absolute Gasteiger partial charge is 0.368 e. The number of carbonyl (C=O) groups excluding carboxylic acids is 4. The van der Waals surface area contributed by atoms with Crippen LogP contribution in [0.25, 0.3) is 0 Å². The van der Waals surface area contributed by atoms with Gasteiger partial charge in [0.05, 0.1) is 12.0 Å². The normalized spacial score (nSPS) is 29.4. The highest BCUT2D eigenvalue weighted by molar-refractivity contribution is 6.30. The fourth-order valence-corrected chi connectivity index (χ4v) is 6.76. The van der Waals surface area contributed by atoms with Gasteiger partial charge in [0.25, 0.3) is 0 Å². The molecular formula is C30H43ClN4O4. The first kappa shape index (κ1) is 29.4. The van der Waals surface area contributed by atoms with Crippen molar-refractivity contribution in [3.8, 4) is 0 Å². The third kappa shape index (κ3) is 6.26. The molecule has 0 unspecified atom stereocenters. The summed E-state index contributed by atoms with van der Waals surface area (Å²) < 4.78 is 0. The first-order valence-electron chi connectivity index (χ1n) is 14.2. The zero-order valence-corrected chi connectivity index (χ0v) is 24.6. The van der Waals surface area contributed by atoms with Gasteiger partial charge in [-0.15, -0.1) is 0 Å². The highest BCUT2D eigenvalue weighted by Crippen LogP contribution is 2.39. The van der Waals surface area contributed by atoms with E-state index in [0.29, 0.717) is 23.9 Å². The SMILES string of the molecule is CC(=O)N1C[C@@H](C(=O)N2C[C@@H](N(C(=O)C(C)(C)C)C3CCC(C)CC3)C[C@H]2C(N)=O)[C@H](c2ccc(Cl)cc2)C1. The van der Waals surface area contributed by atoms with Crippen LogP contribution in [0.1, 0.15) is 78.2 Å². The highest BCUT2D eigenvalue weighted by atomic mass is 35.5. The molecule has 2 saturated heterocycles. The minimum absolute atomic E-state index is 0.0484. The van der Waals surface area contributed by atoms with Crippen molar-refractivity contribution in [2.45, 2.75) is 90.8 Å². The van der Waals surface area contributed by atoms with Crippen molar-refractivity contribution in [1.82, 2.24) is 14.7 Å². The maximum atomic E-state index is 14.2. The maximum absolute atomic E-state index is 14.2. The lowest BCUT2D eigenvalue weighted by atomic mass is 9.84. The molecule has 0 spiro atoms. The quantitative estimate of drug-likeness (QED) is 0.593. The molecule has 3 fully saturated rings. The minimum atomic E-state index is -0.794. The zero-order chi connectivity index (χ0) is 28.6. The fraction of sp³-hybridized carbons (Fsp3) is 0.667. The molecule has 4 rings (SSSR count). The van der Waals surface area contributed by atoms with Gasteiger partial charge >= 0.3 is 0 Å². The molecule has 9 heteroatoms. The average molecular weight is 559 g/mol. The topological polar surface area (TPSA) is 104 Å². The van der Waals surface area contributed by atoms with Gasteiger partial charge in [0.15, 0.2) is 0 Å². The summed E-state index contributed by atoms with van der Waals surface area (Å²) >= 11 is 6.11. The minimum Gasteiger partial charge on any atom is -0.368 e. The monoisotopic (exact) mass is 558 g/mol. The van der Waals surface area contributed by atoms with Crippen LogP contribution < -0.4 is 5.73 Å². The number of rotatable bonds is 5. The summed E-state index contributed by atoms with van der Waals surface area (Å²) in [4.78, 5) is 58.2. The molecule has 2 N–H and O–H groups in total. The molecule has 1 aromatic rings. The summed E-state index contributed by atoms with van der Waals surface area (Å²) in [6.45, 7) is 10.5. The molecule has 214 valence electrons. The number of amides is 4. The molecule has 2 aliphatic heterocycles. The molecule has 39 heavy (non-hydrogen) atoms. The molecule has 8 nitrogen and oxygen atoms in total. The second-order valence-electron chi connectivity index (χ2n) is 12.9. The Morgan fingerprint density at radius 2 is 1.56 bits per heavy atom. The zero-order valence-electron chi connectivity index (χ0n) is 23.9. The summed E-state index contributed by atoms with van der Waals surface area (Å²) in [7, 11) is 0. The van der Waals surface area contributed by atoms with E-state index in [4.69, 9.17) is 17.3 Å². The molecular weight excluding hydrogens is 516 g/mol. The van der Waals surface area contributed by atoms with E-state index in [-0.39, 0.29) is 48.8 Å². The Balaban J connectivity index is 1.63. The van der Waals surface area contributed by atoms with Gasteiger partial charge in [-0.2, -0.15) is 0 Å². The number of likely N-dealkylation sites (tertiary alicyclic amines) is 2. The van der Waals surface area contributed by atoms with Crippen LogP contribution >= 0.6 is 11.6 Å². The molecule has 0 bridgehead atoms. The molecule has 1 saturated carbocycles. The van der Waals surface area contributed by atoms with Crippen molar-refractivity contribution < 1.29 is 19.2 Å². The van der Waals surface area contributed by atoms with E-state index in [9.17, 15) is 19.2 Å². The van der Waals surface area contributed by atoms with E-state index in [0.717, 1.165) is 31.2 Å². The van der Waals surface area contributed by atoms with Gasteiger partial charge in [-0.25, -0.2) is 0 Å². The fourth-order valence-electron chi connectivity index (χ4n) is 6.64. The molecule has 4 amide bonds. The van der Waals surface area contributed by atoms with Gasteiger partial charge in [0.1, 0.15) is 6.04 Å². The third-order valence-electron chi connectivity index (χ3n) is 8.92. The predicted molar refractivity (Wildman–Crippen MR) is 151 cm³/mol. The first-order chi connectivity index (χ1) is 18.3. The number of hydrogen-bond donors (Lipinski definition) is 1. The van der Waals surface area contributed by atoms with Crippen molar-refractivity contribution in [3.05, 3.63) is 34.9 Å². The molecule has 1 aliphatic carbocycles. The number of nitrogens with two attached hydrogens (primary N) is 1. The Kier molecular flexibility index (Phi) is 8.64. The summed E-state index contributed by atoms with van der Waals surface area (Å²) in [5.74, 6) is -0.905. The van der Waals surface area contributed by atoms with Crippen molar-refractivity contribution in [3.63, 3.8) is 0 Å². The smallest absolute Gasteiger partial charge is 0.240 e. The maximum Gasteiger partial charge on any atom is 0.240 e. The number of primary amides is 1. The Morgan fingerprint density at radius 3 is 2.10 bits per heavy atom. The van der Waals surface area contributed by atoms with Gasteiger partial charge in [0.2, 0.25) is 23.6 Å². The average Bonchev–Trinajstić information content (AvgIpc) is 3.51. The van der Waals surface area contributed by atoms with Gasteiger partial charge in [-0.05, 0) is 55.7 Å². The lowest BCUT2D eigenvalue weighted by Crippen LogP contribution is -2.53.